The summed E-state index contributed by atoms with van der Waals surface area (Å²) < 4.78 is 0. The van der Waals surface area contributed by atoms with Gasteiger partial charge in [-0.3, -0.25) is 0 Å². The molecule has 102 valence electrons. The van der Waals surface area contributed by atoms with Gasteiger partial charge < -0.3 is 9.88 Å². The Morgan fingerprint density at radius 3 is 2.90 bits per heavy atom. The van der Waals surface area contributed by atoms with E-state index in [4.69, 9.17) is 4.98 Å². The number of H-pyrrole nitrogens is 1. The maximum absolute atomic E-state index is 4.84. The van der Waals surface area contributed by atoms with Crippen molar-refractivity contribution in [3.63, 3.8) is 0 Å². The van der Waals surface area contributed by atoms with Crippen molar-refractivity contribution in [1.82, 2.24) is 9.97 Å². The van der Waals surface area contributed by atoms with E-state index in [1.54, 1.807) is 11.3 Å². The molecule has 1 saturated heterocycles. The number of hydrogen-bond donors (Lipinski definition) is 1. The molecule has 1 aromatic carbocycles. The average Bonchev–Trinajstić information content (AvgIpc) is 3.14. The number of thioether (sulfide) groups is 1. The van der Waals surface area contributed by atoms with Crippen molar-refractivity contribution in [2.45, 2.75) is 0 Å². The molecule has 2 aromatic heterocycles. The predicted molar refractivity (Wildman–Crippen MR) is 88.9 cm³/mol. The summed E-state index contributed by atoms with van der Waals surface area (Å²) in [5.74, 6) is 2.42. The van der Waals surface area contributed by atoms with Gasteiger partial charge in [-0.05, 0) is 6.07 Å². The van der Waals surface area contributed by atoms with Gasteiger partial charge in [-0.1, -0.05) is 18.2 Å². The molecule has 3 heterocycles. The number of hydrogen-bond acceptors (Lipinski definition) is 4. The normalized spacial score (nSPS) is 15.9. The lowest BCUT2D eigenvalue weighted by Gasteiger charge is -2.25. The molecule has 4 rings (SSSR count). The highest BCUT2D eigenvalue weighted by Gasteiger charge is 2.16. The Morgan fingerprint density at radius 1 is 1.15 bits per heavy atom. The molecule has 0 unspecified atom stereocenters. The lowest BCUT2D eigenvalue weighted by Crippen LogP contribution is -2.32. The first kappa shape index (κ1) is 12.3. The van der Waals surface area contributed by atoms with Crippen LogP contribution >= 0.6 is 23.1 Å². The standard InChI is InChI=1S/C15H15N3S2/c1-2-4-13-11(3-1)12(9-16-13)14-10-20-15(17-14)18-5-7-19-8-6-18/h1-4,9-10,16H,5-8H2. The molecule has 1 aliphatic heterocycles. The molecule has 0 saturated carbocycles. The Morgan fingerprint density at radius 2 is 2.00 bits per heavy atom. The molecule has 3 nitrogen and oxygen atoms in total. The lowest BCUT2D eigenvalue weighted by atomic mass is 10.1. The zero-order chi connectivity index (χ0) is 13.4. The molecule has 0 atom stereocenters. The first-order chi connectivity index (χ1) is 9.92. The highest BCUT2D eigenvalue weighted by molar-refractivity contribution is 7.99. The molecule has 1 N–H and O–H groups in total. The van der Waals surface area contributed by atoms with E-state index >= 15 is 0 Å². The van der Waals surface area contributed by atoms with Crippen LogP contribution in [0, 0.1) is 0 Å². The van der Waals surface area contributed by atoms with E-state index in [0.717, 1.165) is 23.9 Å². The summed E-state index contributed by atoms with van der Waals surface area (Å²) in [5.41, 5.74) is 3.46. The molecule has 0 bridgehead atoms. The third kappa shape index (κ3) is 2.11. The second-order valence-corrected chi connectivity index (χ2v) is 6.92. The van der Waals surface area contributed by atoms with Crippen LogP contribution in [-0.2, 0) is 0 Å². The summed E-state index contributed by atoms with van der Waals surface area (Å²) in [6.45, 7) is 2.23. The summed E-state index contributed by atoms with van der Waals surface area (Å²) in [7, 11) is 0. The number of aromatic nitrogens is 2. The van der Waals surface area contributed by atoms with Crippen LogP contribution in [0.15, 0.2) is 35.8 Å². The molecule has 1 fully saturated rings. The average molecular weight is 301 g/mol. The highest BCUT2D eigenvalue weighted by Crippen LogP contribution is 2.32. The van der Waals surface area contributed by atoms with Crippen molar-refractivity contribution in [3.8, 4) is 11.3 Å². The Labute approximate surface area is 126 Å². The quantitative estimate of drug-likeness (QED) is 0.780. The number of fused-ring (bicyclic) bond motifs is 1. The molecular formula is C15H15N3S2. The smallest absolute Gasteiger partial charge is 0.185 e. The monoisotopic (exact) mass is 301 g/mol. The number of benzene rings is 1. The Balaban J connectivity index is 1.70. The summed E-state index contributed by atoms with van der Waals surface area (Å²) in [4.78, 5) is 10.6. The summed E-state index contributed by atoms with van der Waals surface area (Å²) in [6, 6.07) is 8.39. The van der Waals surface area contributed by atoms with Crippen LogP contribution in [0.2, 0.25) is 0 Å². The zero-order valence-corrected chi connectivity index (χ0v) is 12.6. The first-order valence-electron chi connectivity index (χ1n) is 6.76. The van der Waals surface area contributed by atoms with E-state index in [2.05, 4.69) is 45.7 Å². The fourth-order valence-corrected chi connectivity index (χ4v) is 4.35. The molecule has 1 aliphatic rings. The third-order valence-corrected chi connectivity index (χ3v) is 5.48. The van der Waals surface area contributed by atoms with Gasteiger partial charge in [-0.25, -0.2) is 4.98 Å². The van der Waals surface area contributed by atoms with Crippen LogP contribution in [0.25, 0.3) is 22.2 Å². The van der Waals surface area contributed by atoms with Crippen LogP contribution < -0.4 is 4.90 Å². The van der Waals surface area contributed by atoms with E-state index in [1.807, 2.05) is 11.8 Å². The van der Waals surface area contributed by atoms with Gasteiger partial charge in [0.2, 0.25) is 0 Å². The number of nitrogens with zero attached hydrogens (tertiary/aromatic N) is 2. The Kier molecular flexibility index (Phi) is 3.16. The molecular weight excluding hydrogens is 286 g/mol. The Bertz CT molecular complexity index is 725. The van der Waals surface area contributed by atoms with Crippen molar-refractivity contribution >= 4 is 39.1 Å². The number of aromatic amines is 1. The second-order valence-electron chi connectivity index (χ2n) is 4.86. The van der Waals surface area contributed by atoms with Crippen LogP contribution in [-0.4, -0.2) is 34.6 Å². The van der Waals surface area contributed by atoms with Gasteiger partial charge in [0.1, 0.15) is 0 Å². The summed E-state index contributed by atoms with van der Waals surface area (Å²) in [6.07, 6.45) is 2.07. The molecule has 0 spiro atoms. The second kappa shape index (κ2) is 5.14. The topological polar surface area (TPSA) is 31.9 Å². The minimum absolute atomic E-state index is 1.08. The van der Waals surface area contributed by atoms with Gasteiger partial charge in [0.25, 0.3) is 0 Å². The molecule has 0 aliphatic carbocycles. The fraction of sp³-hybridized carbons (Fsp3) is 0.267. The summed E-state index contributed by atoms with van der Waals surface area (Å²) >= 11 is 3.78. The van der Waals surface area contributed by atoms with E-state index in [1.165, 1.54) is 28.0 Å². The van der Waals surface area contributed by atoms with Crippen LogP contribution in [0.4, 0.5) is 5.13 Å². The minimum Gasteiger partial charge on any atom is -0.360 e. The van der Waals surface area contributed by atoms with Crippen molar-refractivity contribution in [2.75, 3.05) is 29.5 Å². The van der Waals surface area contributed by atoms with Gasteiger partial charge >= 0.3 is 0 Å². The van der Waals surface area contributed by atoms with Crippen molar-refractivity contribution < 1.29 is 0 Å². The first-order valence-corrected chi connectivity index (χ1v) is 8.80. The van der Waals surface area contributed by atoms with Crippen LogP contribution in [0.3, 0.4) is 0 Å². The van der Waals surface area contributed by atoms with Crippen LogP contribution in [0.5, 0.6) is 0 Å². The lowest BCUT2D eigenvalue weighted by molar-refractivity contribution is 0.853. The van der Waals surface area contributed by atoms with Crippen molar-refractivity contribution in [1.29, 1.82) is 0 Å². The van der Waals surface area contributed by atoms with Gasteiger partial charge in [0.05, 0.1) is 5.69 Å². The van der Waals surface area contributed by atoms with Crippen LogP contribution in [0.1, 0.15) is 0 Å². The molecule has 0 amide bonds. The number of thiazole rings is 1. The molecule has 0 radical (unpaired) electrons. The highest BCUT2D eigenvalue weighted by atomic mass is 32.2. The number of anilines is 1. The molecule has 3 aromatic rings. The van der Waals surface area contributed by atoms with Gasteiger partial charge in [-0.2, -0.15) is 11.8 Å². The van der Waals surface area contributed by atoms with E-state index in [9.17, 15) is 0 Å². The van der Waals surface area contributed by atoms with Gasteiger partial charge in [-0.15, -0.1) is 11.3 Å². The zero-order valence-electron chi connectivity index (χ0n) is 11.0. The van der Waals surface area contributed by atoms with E-state index < -0.39 is 0 Å². The maximum atomic E-state index is 4.84. The molecule has 20 heavy (non-hydrogen) atoms. The fourth-order valence-electron chi connectivity index (χ4n) is 2.57. The third-order valence-electron chi connectivity index (χ3n) is 3.64. The van der Waals surface area contributed by atoms with E-state index in [-0.39, 0.29) is 0 Å². The van der Waals surface area contributed by atoms with Crippen molar-refractivity contribution in [2.24, 2.45) is 0 Å². The number of nitrogens with one attached hydrogen (secondary N) is 1. The molecule has 5 heteroatoms. The van der Waals surface area contributed by atoms with Gasteiger partial charge in [0, 0.05) is 52.6 Å². The maximum Gasteiger partial charge on any atom is 0.185 e. The van der Waals surface area contributed by atoms with Gasteiger partial charge in [0.15, 0.2) is 5.13 Å². The van der Waals surface area contributed by atoms with E-state index in [0.29, 0.717) is 0 Å². The predicted octanol–water partition coefficient (Wildman–Crippen LogP) is 3.84. The number of rotatable bonds is 2. The van der Waals surface area contributed by atoms with Crippen molar-refractivity contribution in [3.05, 3.63) is 35.8 Å². The SMILES string of the molecule is c1ccc2c(-c3csc(N4CCSCC4)n3)c[nH]c2c1. The largest absolute Gasteiger partial charge is 0.360 e. The minimum atomic E-state index is 1.08. The Hall–Kier alpha value is -1.46. The summed E-state index contributed by atoms with van der Waals surface area (Å²) in [5, 5.41) is 4.58. The number of para-hydroxylation sites is 1.